The summed E-state index contributed by atoms with van der Waals surface area (Å²) < 4.78 is 4.19. The monoisotopic (exact) mass is 339 g/mol. The summed E-state index contributed by atoms with van der Waals surface area (Å²) in [4.78, 5) is 12.9. The predicted molar refractivity (Wildman–Crippen MR) is 99.1 cm³/mol. The minimum Gasteiger partial charge on any atom is -0.303 e. The average molecular weight is 339 g/mol. The first-order chi connectivity index (χ1) is 11.5. The third-order valence-corrected chi connectivity index (χ3v) is 4.90. The maximum Gasteiger partial charge on any atom is 0.195 e. The van der Waals surface area contributed by atoms with Gasteiger partial charge < -0.3 is 4.57 Å². The molecule has 3 aromatic heterocycles. The smallest absolute Gasteiger partial charge is 0.195 e. The average Bonchev–Trinajstić information content (AvgIpc) is 3.25. The molecule has 0 bridgehead atoms. The summed E-state index contributed by atoms with van der Waals surface area (Å²) in [6, 6.07) is 8.15. The molecule has 0 fully saturated rings. The standard InChI is InChI=1S/C19H21N3OS/c1-13(2)22-19(9-10-20-22)21-14(3)12-16(15(21)4)7-8-17(23)18-6-5-11-24-18/h5-13H,1-4H3/b8-7+. The van der Waals surface area contributed by atoms with Crippen LogP contribution in [0.25, 0.3) is 11.9 Å². The highest BCUT2D eigenvalue weighted by Crippen LogP contribution is 2.23. The first kappa shape index (κ1) is 16.5. The largest absolute Gasteiger partial charge is 0.303 e. The van der Waals surface area contributed by atoms with E-state index in [9.17, 15) is 4.79 Å². The van der Waals surface area contributed by atoms with Crippen molar-refractivity contribution in [1.82, 2.24) is 14.3 Å². The Bertz CT molecular complexity index is 882. The second-order valence-electron chi connectivity index (χ2n) is 6.06. The molecule has 3 aromatic rings. The maximum atomic E-state index is 12.2. The van der Waals surface area contributed by atoms with Crippen molar-refractivity contribution in [3.05, 3.63) is 63.7 Å². The second-order valence-corrected chi connectivity index (χ2v) is 7.01. The Hall–Kier alpha value is -2.40. The van der Waals surface area contributed by atoms with Crippen molar-refractivity contribution >= 4 is 23.2 Å². The number of aryl methyl sites for hydroxylation is 1. The van der Waals surface area contributed by atoms with E-state index in [1.165, 1.54) is 11.3 Å². The van der Waals surface area contributed by atoms with Crippen molar-refractivity contribution in [2.24, 2.45) is 0 Å². The van der Waals surface area contributed by atoms with E-state index in [2.05, 4.69) is 43.4 Å². The van der Waals surface area contributed by atoms with Crippen LogP contribution in [0.1, 0.15) is 46.5 Å². The van der Waals surface area contributed by atoms with Crippen LogP contribution in [-0.2, 0) is 0 Å². The highest BCUT2D eigenvalue weighted by atomic mass is 32.1. The van der Waals surface area contributed by atoms with Crippen molar-refractivity contribution in [3.63, 3.8) is 0 Å². The van der Waals surface area contributed by atoms with Gasteiger partial charge in [-0.3, -0.25) is 4.79 Å². The lowest BCUT2D eigenvalue weighted by molar-refractivity contribution is 0.105. The Balaban J connectivity index is 1.95. The van der Waals surface area contributed by atoms with Gasteiger partial charge in [0.2, 0.25) is 0 Å². The Kier molecular flexibility index (Phi) is 4.53. The molecule has 0 aliphatic carbocycles. The highest BCUT2D eigenvalue weighted by Gasteiger charge is 2.14. The van der Waals surface area contributed by atoms with Crippen molar-refractivity contribution in [2.75, 3.05) is 0 Å². The Morgan fingerprint density at radius 2 is 2.08 bits per heavy atom. The number of ketones is 1. The number of aromatic nitrogens is 3. The number of allylic oxidation sites excluding steroid dienone is 1. The minimum absolute atomic E-state index is 0.0435. The molecule has 0 radical (unpaired) electrons. The molecule has 0 N–H and O–H groups in total. The number of nitrogens with zero attached hydrogens (tertiary/aromatic N) is 3. The SMILES string of the molecule is Cc1cc(/C=C/C(=O)c2cccs2)c(C)n1-c1ccnn1C(C)C. The van der Waals surface area contributed by atoms with E-state index in [1.807, 2.05) is 40.5 Å². The van der Waals surface area contributed by atoms with Gasteiger partial charge in [-0.15, -0.1) is 11.3 Å². The van der Waals surface area contributed by atoms with Gasteiger partial charge in [0.15, 0.2) is 5.78 Å². The number of thiophene rings is 1. The fraction of sp³-hybridized carbons (Fsp3) is 0.263. The highest BCUT2D eigenvalue weighted by molar-refractivity contribution is 7.12. The quantitative estimate of drug-likeness (QED) is 0.493. The molecule has 0 aliphatic heterocycles. The third-order valence-electron chi connectivity index (χ3n) is 4.02. The molecule has 3 heterocycles. The van der Waals surface area contributed by atoms with E-state index in [-0.39, 0.29) is 11.8 Å². The lowest BCUT2D eigenvalue weighted by Gasteiger charge is -2.15. The first-order valence-corrected chi connectivity index (χ1v) is 8.85. The molecule has 0 saturated carbocycles. The summed E-state index contributed by atoms with van der Waals surface area (Å²) >= 11 is 1.46. The molecule has 0 aromatic carbocycles. The van der Waals surface area contributed by atoms with Crippen molar-refractivity contribution in [1.29, 1.82) is 0 Å². The molecule has 24 heavy (non-hydrogen) atoms. The molecule has 0 atom stereocenters. The summed E-state index contributed by atoms with van der Waals surface area (Å²) in [5.74, 6) is 1.09. The lowest BCUT2D eigenvalue weighted by Crippen LogP contribution is -2.11. The van der Waals surface area contributed by atoms with E-state index in [0.29, 0.717) is 0 Å². The minimum atomic E-state index is 0.0435. The summed E-state index contributed by atoms with van der Waals surface area (Å²) in [7, 11) is 0. The zero-order valence-corrected chi connectivity index (χ0v) is 15.2. The molecule has 0 saturated heterocycles. The van der Waals surface area contributed by atoms with Crippen LogP contribution in [0, 0.1) is 13.8 Å². The van der Waals surface area contributed by atoms with Gasteiger partial charge >= 0.3 is 0 Å². The van der Waals surface area contributed by atoms with Crippen LogP contribution in [0.4, 0.5) is 0 Å². The Labute approximate surface area is 146 Å². The van der Waals surface area contributed by atoms with Crippen LogP contribution in [0.3, 0.4) is 0 Å². The Morgan fingerprint density at radius 3 is 2.75 bits per heavy atom. The summed E-state index contributed by atoms with van der Waals surface area (Å²) in [5, 5.41) is 6.33. The summed E-state index contributed by atoms with van der Waals surface area (Å²) in [6.07, 6.45) is 5.37. The zero-order chi connectivity index (χ0) is 17.3. The number of carbonyl (C=O) groups is 1. The summed E-state index contributed by atoms with van der Waals surface area (Å²) in [5.41, 5.74) is 3.28. The molecule has 5 heteroatoms. The molecule has 0 amide bonds. The fourth-order valence-corrected chi connectivity index (χ4v) is 3.50. The van der Waals surface area contributed by atoms with E-state index in [4.69, 9.17) is 0 Å². The van der Waals surface area contributed by atoms with E-state index < -0.39 is 0 Å². The van der Waals surface area contributed by atoms with Crippen LogP contribution < -0.4 is 0 Å². The molecular formula is C19H21N3OS. The van der Waals surface area contributed by atoms with E-state index in [1.54, 1.807) is 6.08 Å². The Morgan fingerprint density at radius 1 is 1.29 bits per heavy atom. The molecule has 0 spiro atoms. The van der Waals surface area contributed by atoms with Crippen LogP contribution in [-0.4, -0.2) is 20.1 Å². The molecule has 0 unspecified atom stereocenters. The topological polar surface area (TPSA) is 39.8 Å². The predicted octanol–water partition coefficient (Wildman–Crippen LogP) is 4.83. The van der Waals surface area contributed by atoms with Crippen molar-refractivity contribution in [2.45, 2.75) is 33.7 Å². The van der Waals surface area contributed by atoms with Gasteiger partial charge in [0, 0.05) is 23.5 Å². The van der Waals surface area contributed by atoms with Gasteiger partial charge in [0.05, 0.1) is 11.1 Å². The normalized spacial score (nSPS) is 11.7. The third kappa shape index (κ3) is 2.99. The molecule has 3 rings (SSSR count). The van der Waals surface area contributed by atoms with Crippen LogP contribution in [0.15, 0.2) is 41.9 Å². The van der Waals surface area contributed by atoms with Gasteiger partial charge in [0.1, 0.15) is 5.82 Å². The summed E-state index contributed by atoms with van der Waals surface area (Å²) in [6.45, 7) is 8.37. The van der Waals surface area contributed by atoms with Crippen molar-refractivity contribution < 1.29 is 4.79 Å². The van der Waals surface area contributed by atoms with E-state index >= 15 is 0 Å². The molecule has 0 aliphatic rings. The van der Waals surface area contributed by atoms with Gasteiger partial charge in [-0.25, -0.2) is 4.68 Å². The number of rotatable bonds is 5. The fourth-order valence-electron chi connectivity index (χ4n) is 2.86. The zero-order valence-electron chi connectivity index (χ0n) is 14.4. The molecule has 4 nitrogen and oxygen atoms in total. The van der Waals surface area contributed by atoms with Gasteiger partial charge in [-0.1, -0.05) is 6.07 Å². The van der Waals surface area contributed by atoms with Gasteiger partial charge in [-0.2, -0.15) is 5.10 Å². The van der Waals surface area contributed by atoms with Crippen LogP contribution >= 0.6 is 11.3 Å². The second kappa shape index (κ2) is 6.61. The first-order valence-electron chi connectivity index (χ1n) is 7.97. The molecule has 124 valence electrons. The van der Waals surface area contributed by atoms with Gasteiger partial charge in [-0.05, 0) is 62.9 Å². The number of hydrogen-bond donors (Lipinski definition) is 0. The lowest BCUT2D eigenvalue weighted by atomic mass is 10.2. The van der Waals surface area contributed by atoms with Gasteiger partial charge in [0.25, 0.3) is 0 Å². The van der Waals surface area contributed by atoms with Crippen molar-refractivity contribution in [3.8, 4) is 5.82 Å². The molecular weight excluding hydrogens is 318 g/mol. The maximum absolute atomic E-state index is 12.2. The van der Waals surface area contributed by atoms with E-state index in [0.717, 1.165) is 27.6 Å². The van der Waals surface area contributed by atoms with Crippen LogP contribution in [0.5, 0.6) is 0 Å². The number of carbonyl (C=O) groups excluding carboxylic acids is 1. The number of hydrogen-bond acceptors (Lipinski definition) is 3. The van der Waals surface area contributed by atoms with Crippen LogP contribution in [0.2, 0.25) is 0 Å².